The van der Waals surface area contributed by atoms with Gasteiger partial charge >= 0.3 is 6.03 Å². The number of nitrogens with zero attached hydrogens (tertiary/aromatic N) is 3. The van der Waals surface area contributed by atoms with Crippen molar-refractivity contribution in [2.75, 3.05) is 31.5 Å². The van der Waals surface area contributed by atoms with Crippen molar-refractivity contribution in [3.63, 3.8) is 0 Å². The zero-order valence-electron chi connectivity index (χ0n) is 12.3. The molecule has 6 nitrogen and oxygen atoms in total. The molecule has 1 aromatic rings. The van der Waals surface area contributed by atoms with Crippen LogP contribution < -0.4 is 10.6 Å². The van der Waals surface area contributed by atoms with Crippen LogP contribution in [0.2, 0.25) is 0 Å². The molecule has 1 aromatic heterocycles. The molecule has 1 saturated heterocycles. The van der Waals surface area contributed by atoms with Gasteiger partial charge in [-0.2, -0.15) is 5.26 Å². The van der Waals surface area contributed by atoms with Gasteiger partial charge in [-0.25, -0.2) is 9.78 Å². The molecular weight excluding hydrogens is 266 g/mol. The van der Waals surface area contributed by atoms with Gasteiger partial charge in [0.15, 0.2) is 0 Å². The lowest BCUT2D eigenvalue weighted by atomic mass is 10.00. The fourth-order valence-corrected chi connectivity index (χ4v) is 2.31. The summed E-state index contributed by atoms with van der Waals surface area (Å²) in [4.78, 5) is 17.9. The Balaban J connectivity index is 1.70. The summed E-state index contributed by atoms with van der Waals surface area (Å²) in [5.74, 6) is 1.27. The summed E-state index contributed by atoms with van der Waals surface area (Å²) in [6, 6.07) is 5.51. The summed E-state index contributed by atoms with van der Waals surface area (Å²) >= 11 is 0. The van der Waals surface area contributed by atoms with Crippen LogP contribution in [0, 0.1) is 17.2 Å². The fourth-order valence-electron chi connectivity index (χ4n) is 2.31. The average Bonchev–Trinajstić information content (AvgIpc) is 2.52. The van der Waals surface area contributed by atoms with Gasteiger partial charge in [0.2, 0.25) is 0 Å². The zero-order chi connectivity index (χ0) is 15.1. The van der Waals surface area contributed by atoms with Crippen LogP contribution in [-0.4, -0.2) is 42.1 Å². The molecule has 1 aliphatic rings. The summed E-state index contributed by atoms with van der Waals surface area (Å²) in [6.07, 6.45) is 3.78. The molecule has 2 N–H and O–H groups in total. The maximum Gasteiger partial charge on any atom is 0.317 e. The predicted molar refractivity (Wildman–Crippen MR) is 80.8 cm³/mol. The lowest BCUT2D eigenvalue weighted by molar-refractivity contribution is 0.174. The van der Waals surface area contributed by atoms with E-state index in [4.69, 9.17) is 5.26 Å². The van der Waals surface area contributed by atoms with E-state index in [-0.39, 0.29) is 6.03 Å². The molecule has 2 amide bonds. The molecule has 0 unspecified atom stereocenters. The number of carbonyl (C=O) groups excluding carboxylic acids is 1. The van der Waals surface area contributed by atoms with Crippen molar-refractivity contribution < 1.29 is 4.79 Å². The van der Waals surface area contributed by atoms with E-state index in [1.54, 1.807) is 18.3 Å². The van der Waals surface area contributed by atoms with E-state index in [9.17, 15) is 4.79 Å². The second kappa shape index (κ2) is 7.48. The molecule has 6 heteroatoms. The molecule has 2 rings (SSSR count). The highest BCUT2D eigenvalue weighted by atomic mass is 16.2. The van der Waals surface area contributed by atoms with Crippen LogP contribution >= 0.6 is 0 Å². The summed E-state index contributed by atoms with van der Waals surface area (Å²) in [5, 5.41) is 14.9. The molecule has 0 saturated carbocycles. The Morgan fingerprint density at radius 2 is 2.24 bits per heavy atom. The number of nitrogens with one attached hydrogen (secondary N) is 2. The van der Waals surface area contributed by atoms with E-state index < -0.39 is 0 Å². The van der Waals surface area contributed by atoms with Crippen LogP contribution in [0.25, 0.3) is 0 Å². The number of rotatable bonds is 4. The van der Waals surface area contributed by atoms with Gasteiger partial charge in [-0.05, 0) is 30.9 Å². The minimum absolute atomic E-state index is 0.00905. The average molecular weight is 287 g/mol. The van der Waals surface area contributed by atoms with Gasteiger partial charge in [0.05, 0.1) is 5.56 Å². The Morgan fingerprint density at radius 1 is 1.48 bits per heavy atom. The van der Waals surface area contributed by atoms with Crippen molar-refractivity contribution in [2.24, 2.45) is 5.92 Å². The number of amides is 2. The second-order valence-corrected chi connectivity index (χ2v) is 5.34. The van der Waals surface area contributed by atoms with Crippen molar-refractivity contribution in [1.29, 1.82) is 5.26 Å². The van der Waals surface area contributed by atoms with E-state index in [0.717, 1.165) is 25.9 Å². The standard InChI is InChI=1S/C15H21N5O/c1-12-4-9-20(10-5-12)15(21)19-8-7-18-14-13(11-16)3-2-6-17-14/h2-3,6,12H,4-5,7-10H2,1H3,(H,17,18)(H,19,21). The Kier molecular flexibility index (Phi) is 5.38. The smallest absolute Gasteiger partial charge is 0.317 e. The Bertz CT molecular complexity index is 517. The van der Waals surface area contributed by atoms with Gasteiger partial charge in [0.1, 0.15) is 11.9 Å². The molecular formula is C15H21N5O. The van der Waals surface area contributed by atoms with E-state index in [1.165, 1.54) is 0 Å². The van der Waals surface area contributed by atoms with Crippen molar-refractivity contribution in [2.45, 2.75) is 19.8 Å². The van der Waals surface area contributed by atoms with Crippen LogP contribution in [-0.2, 0) is 0 Å². The third kappa shape index (κ3) is 4.35. The number of pyridine rings is 1. The molecule has 1 aliphatic heterocycles. The largest absolute Gasteiger partial charge is 0.367 e. The predicted octanol–water partition coefficient (Wildman–Crippen LogP) is 1.81. The number of piperidine rings is 1. The van der Waals surface area contributed by atoms with E-state index in [2.05, 4.69) is 28.6 Å². The number of carbonyl (C=O) groups is 1. The van der Waals surface area contributed by atoms with Gasteiger partial charge in [0, 0.05) is 32.4 Å². The Hall–Kier alpha value is -2.29. The molecule has 0 aliphatic carbocycles. The fraction of sp³-hybridized carbons (Fsp3) is 0.533. The first-order valence-corrected chi connectivity index (χ1v) is 7.32. The molecule has 1 fully saturated rings. The minimum Gasteiger partial charge on any atom is -0.367 e. The van der Waals surface area contributed by atoms with Crippen molar-refractivity contribution >= 4 is 11.8 Å². The summed E-state index contributed by atoms with van der Waals surface area (Å²) in [7, 11) is 0. The first-order valence-electron chi connectivity index (χ1n) is 7.32. The van der Waals surface area contributed by atoms with Crippen LogP contribution in [0.4, 0.5) is 10.6 Å². The van der Waals surface area contributed by atoms with Gasteiger partial charge in [-0.1, -0.05) is 6.92 Å². The number of urea groups is 1. The van der Waals surface area contributed by atoms with Gasteiger partial charge < -0.3 is 15.5 Å². The number of likely N-dealkylation sites (tertiary alicyclic amines) is 1. The van der Waals surface area contributed by atoms with Crippen molar-refractivity contribution in [1.82, 2.24) is 15.2 Å². The molecule has 2 heterocycles. The maximum absolute atomic E-state index is 12.0. The first-order chi connectivity index (χ1) is 10.2. The van der Waals surface area contributed by atoms with Crippen molar-refractivity contribution in [3.8, 4) is 6.07 Å². The van der Waals surface area contributed by atoms with Gasteiger partial charge in [0.25, 0.3) is 0 Å². The number of hydrogen-bond acceptors (Lipinski definition) is 4. The van der Waals surface area contributed by atoms with Crippen LogP contribution in [0.5, 0.6) is 0 Å². The first kappa shape index (κ1) is 15.1. The van der Waals surface area contributed by atoms with Crippen molar-refractivity contribution in [3.05, 3.63) is 23.9 Å². The molecule has 0 bridgehead atoms. The highest BCUT2D eigenvalue weighted by Crippen LogP contribution is 2.15. The highest BCUT2D eigenvalue weighted by Gasteiger charge is 2.19. The van der Waals surface area contributed by atoms with Crippen LogP contribution in [0.15, 0.2) is 18.3 Å². The zero-order valence-corrected chi connectivity index (χ0v) is 12.3. The van der Waals surface area contributed by atoms with Crippen LogP contribution in [0.1, 0.15) is 25.3 Å². The summed E-state index contributed by atoms with van der Waals surface area (Å²) in [5.41, 5.74) is 0.508. The Morgan fingerprint density at radius 3 is 2.95 bits per heavy atom. The monoisotopic (exact) mass is 287 g/mol. The SMILES string of the molecule is CC1CCN(C(=O)NCCNc2ncccc2C#N)CC1. The van der Waals surface area contributed by atoms with E-state index in [1.807, 2.05) is 4.90 Å². The third-order valence-electron chi connectivity index (χ3n) is 3.69. The van der Waals surface area contributed by atoms with Crippen LogP contribution in [0.3, 0.4) is 0 Å². The molecule has 21 heavy (non-hydrogen) atoms. The molecule has 0 aromatic carbocycles. The normalized spacial score (nSPS) is 15.3. The lowest BCUT2D eigenvalue weighted by Crippen LogP contribution is -2.45. The topological polar surface area (TPSA) is 81.1 Å². The molecule has 112 valence electrons. The lowest BCUT2D eigenvalue weighted by Gasteiger charge is -2.30. The molecule has 0 atom stereocenters. The van der Waals surface area contributed by atoms with E-state index in [0.29, 0.717) is 30.4 Å². The second-order valence-electron chi connectivity index (χ2n) is 5.34. The summed E-state index contributed by atoms with van der Waals surface area (Å²) < 4.78 is 0. The quantitative estimate of drug-likeness (QED) is 0.828. The minimum atomic E-state index is -0.00905. The van der Waals surface area contributed by atoms with Gasteiger partial charge in [-0.3, -0.25) is 0 Å². The number of anilines is 1. The Labute approximate surface area is 125 Å². The number of nitriles is 1. The molecule has 0 spiro atoms. The third-order valence-corrected chi connectivity index (χ3v) is 3.69. The maximum atomic E-state index is 12.0. The highest BCUT2D eigenvalue weighted by molar-refractivity contribution is 5.74. The molecule has 0 radical (unpaired) electrons. The van der Waals surface area contributed by atoms with E-state index >= 15 is 0 Å². The summed E-state index contributed by atoms with van der Waals surface area (Å²) in [6.45, 7) is 4.94. The number of hydrogen-bond donors (Lipinski definition) is 2. The van der Waals surface area contributed by atoms with Gasteiger partial charge in [-0.15, -0.1) is 0 Å². The number of aromatic nitrogens is 1.